The van der Waals surface area contributed by atoms with Gasteiger partial charge in [-0.2, -0.15) is 0 Å². The fourth-order valence-corrected chi connectivity index (χ4v) is 2.00. The predicted octanol–water partition coefficient (Wildman–Crippen LogP) is 3.70. The van der Waals surface area contributed by atoms with Crippen molar-refractivity contribution in [1.82, 2.24) is 4.90 Å². The van der Waals surface area contributed by atoms with Gasteiger partial charge in [0.1, 0.15) is 12.6 Å². The summed E-state index contributed by atoms with van der Waals surface area (Å²) in [5.74, 6) is 5.71. The van der Waals surface area contributed by atoms with Crippen molar-refractivity contribution in [3.05, 3.63) is 48.2 Å². The molecule has 0 bridgehead atoms. The first-order valence-corrected chi connectivity index (χ1v) is 7.78. The second-order valence-corrected chi connectivity index (χ2v) is 7.23. The average Bonchev–Trinajstić information content (AvgIpc) is 2.51. The summed E-state index contributed by atoms with van der Waals surface area (Å²) < 4.78 is 3.23. The van der Waals surface area contributed by atoms with Gasteiger partial charge in [0.25, 0.3) is 0 Å². The number of ketones is 1. The maximum absolute atomic E-state index is 12.1. The Bertz CT molecular complexity index is 671. The number of carbonyl (C=O) groups excluding carboxylic acids is 2. The topological polar surface area (TPSA) is 46.6 Å². The molecule has 0 radical (unpaired) electrons. The summed E-state index contributed by atoms with van der Waals surface area (Å²) in [5.41, 5.74) is 0.782. The number of carbonyl (C=O) groups is 2. The molecule has 1 aliphatic heterocycles. The van der Waals surface area contributed by atoms with Crippen molar-refractivity contribution in [2.45, 2.75) is 16.3 Å². The molecule has 1 heterocycles. The van der Waals surface area contributed by atoms with E-state index in [4.69, 9.17) is 39.5 Å². The van der Waals surface area contributed by atoms with Gasteiger partial charge in [0, 0.05) is 18.2 Å². The molecule has 0 saturated heterocycles. The Morgan fingerprint density at radius 2 is 2.00 bits per heavy atom. The summed E-state index contributed by atoms with van der Waals surface area (Å²) in [6, 6.07) is 8.61. The Hall–Kier alpha value is -1.67. The van der Waals surface area contributed by atoms with Gasteiger partial charge in [-0.3, -0.25) is 9.69 Å². The van der Waals surface area contributed by atoms with Crippen molar-refractivity contribution in [3.63, 3.8) is 0 Å². The van der Waals surface area contributed by atoms with Crippen molar-refractivity contribution >= 4 is 46.7 Å². The Kier molecular flexibility index (Phi) is 5.95. The van der Waals surface area contributed by atoms with E-state index in [0.29, 0.717) is 0 Å². The molecule has 23 heavy (non-hydrogen) atoms. The molecule has 1 aliphatic rings. The molecule has 0 N–H and O–H groups in total. The summed E-state index contributed by atoms with van der Waals surface area (Å²) in [5, 5.41) is 0. The minimum absolute atomic E-state index is 0.0825. The molecule has 0 saturated carbocycles. The zero-order chi connectivity index (χ0) is 16.9. The number of amides is 1. The standard InChI is InChI=1S/C16H12Cl3NO3/c17-16(18,19)11-23-15(22)20-9-8-14(21)10-13(20)7-6-12-4-2-1-3-5-12/h1-5,8-9,13H,10-11H2/t13-/m1/s1. The van der Waals surface area contributed by atoms with E-state index in [1.54, 1.807) is 0 Å². The third kappa shape index (κ3) is 5.80. The summed E-state index contributed by atoms with van der Waals surface area (Å²) in [6.07, 6.45) is 1.97. The number of hydrogen-bond donors (Lipinski definition) is 0. The first kappa shape index (κ1) is 17.7. The molecule has 0 aromatic heterocycles. The Morgan fingerprint density at radius 1 is 1.30 bits per heavy atom. The molecule has 1 aromatic rings. The van der Waals surface area contributed by atoms with E-state index in [9.17, 15) is 9.59 Å². The molecule has 1 aromatic carbocycles. The van der Waals surface area contributed by atoms with E-state index in [-0.39, 0.29) is 12.2 Å². The van der Waals surface area contributed by atoms with Crippen molar-refractivity contribution in [2.24, 2.45) is 0 Å². The van der Waals surface area contributed by atoms with Crippen LogP contribution < -0.4 is 0 Å². The number of allylic oxidation sites excluding steroid dienone is 1. The van der Waals surface area contributed by atoms with Crippen LogP contribution in [0.25, 0.3) is 0 Å². The quantitative estimate of drug-likeness (QED) is 0.558. The highest BCUT2D eigenvalue weighted by atomic mass is 35.6. The minimum atomic E-state index is -1.70. The fourth-order valence-electron chi connectivity index (χ4n) is 1.84. The molecule has 4 nitrogen and oxygen atoms in total. The second-order valence-electron chi connectivity index (χ2n) is 4.71. The zero-order valence-corrected chi connectivity index (χ0v) is 14.1. The number of ether oxygens (including phenoxy) is 1. The van der Waals surface area contributed by atoms with Crippen LogP contribution in [0.5, 0.6) is 0 Å². The predicted molar refractivity (Wildman–Crippen MR) is 89.3 cm³/mol. The van der Waals surface area contributed by atoms with Crippen molar-refractivity contribution in [1.29, 1.82) is 0 Å². The second kappa shape index (κ2) is 7.74. The maximum Gasteiger partial charge on any atom is 0.415 e. The summed E-state index contributed by atoms with van der Waals surface area (Å²) in [6.45, 7) is -0.395. The highest BCUT2D eigenvalue weighted by Crippen LogP contribution is 2.26. The van der Waals surface area contributed by atoms with Gasteiger partial charge < -0.3 is 4.74 Å². The lowest BCUT2D eigenvalue weighted by molar-refractivity contribution is -0.115. The SMILES string of the molecule is O=C1C=CN(C(=O)OCC(Cl)(Cl)Cl)[C@H](C#Cc2ccccc2)C1. The Labute approximate surface area is 148 Å². The van der Waals surface area contributed by atoms with Gasteiger partial charge in [-0.15, -0.1) is 0 Å². The van der Waals surface area contributed by atoms with Gasteiger partial charge in [-0.1, -0.05) is 64.8 Å². The molecule has 0 spiro atoms. The van der Waals surface area contributed by atoms with Crippen LogP contribution in [0.4, 0.5) is 4.79 Å². The molecule has 2 rings (SSSR count). The van der Waals surface area contributed by atoms with Gasteiger partial charge in [0.05, 0.1) is 0 Å². The highest BCUT2D eigenvalue weighted by Gasteiger charge is 2.29. The molecular formula is C16H12Cl3NO3. The normalized spacial score (nSPS) is 17.4. The maximum atomic E-state index is 12.1. The van der Waals surface area contributed by atoms with Crippen LogP contribution in [0.2, 0.25) is 0 Å². The summed E-state index contributed by atoms with van der Waals surface area (Å²) >= 11 is 16.7. The lowest BCUT2D eigenvalue weighted by Gasteiger charge is -2.27. The van der Waals surface area contributed by atoms with Gasteiger partial charge in [0.15, 0.2) is 5.78 Å². The first-order valence-electron chi connectivity index (χ1n) is 6.64. The summed E-state index contributed by atoms with van der Waals surface area (Å²) in [4.78, 5) is 24.9. The number of rotatable bonds is 1. The van der Waals surface area contributed by atoms with Crippen LogP contribution in [-0.2, 0) is 9.53 Å². The van der Waals surface area contributed by atoms with Gasteiger partial charge in [0.2, 0.25) is 3.79 Å². The van der Waals surface area contributed by atoms with Gasteiger partial charge in [-0.25, -0.2) is 4.79 Å². The number of alkyl halides is 3. The van der Waals surface area contributed by atoms with Crippen LogP contribution >= 0.6 is 34.8 Å². The number of benzene rings is 1. The molecule has 7 heteroatoms. The minimum Gasteiger partial charge on any atom is -0.445 e. The molecule has 0 aliphatic carbocycles. The smallest absolute Gasteiger partial charge is 0.415 e. The van der Waals surface area contributed by atoms with E-state index in [0.717, 1.165) is 5.56 Å². The van der Waals surface area contributed by atoms with Crippen LogP contribution in [0.1, 0.15) is 12.0 Å². The zero-order valence-electron chi connectivity index (χ0n) is 11.8. The number of halogens is 3. The van der Waals surface area contributed by atoms with Crippen molar-refractivity contribution < 1.29 is 14.3 Å². The van der Waals surface area contributed by atoms with Gasteiger partial charge in [-0.05, 0) is 18.2 Å². The Morgan fingerprint density at radius 3 is 2.65 bits per heavy atom. The average molecular weight is 373 g/mol. The van der Waals surface area contributed by atoms with E-state index in [1.165, 1.54) is 17.2 Å². The number of hydrogen-bond acceptors (Lipinski definition) is 3. The molecule has 0 fully saturated rings. The number of nitrogens with zero attached hydrogens (tertiary/aromatic N) is 1. The van der Waals surface area contributed by atoms with Crippen LogP contribution in [-0.4, -0.2) is 33.2 Å². The molecule has 1 atom stereocenters. The molecule has 0 unspecified atom stereocenters. The van der Waals surface area contributed by atoms with Crippen molar-refractivity contribution in [2.75, 3.05) is 6.61 Å². The lowest BCUT2D eigenvalue weighted by Crippen LogP contribution is -2.40. The molecule has 1 amide bonds. The van der Waals surface area contributed by atoms with Crippen LogP contribution in [0, 0.1) is 11.8 Å². The van der Waals surface area contributed by atoms with E-state index < -0.39 is 22.5 Å². The van der Waals surface area contributed by atoms with Crippen LogP contribution in [0.15, 0.2) is 42.6 Å². The third-order valence-electron chi connectivity index (χ3n) is 2.88. The monoisotopic (exact) mass is 371 g/mol. The first-order chi connectivity index (χ1) is 10.8. The van der Waals surface area contributed by atoms with E-state index >= 15 is 0 Å². The van der Waals surface area contributed by atoms with E-state index in [2.05, 4.69) is 11.8 Å². The van der Waals surface area contributed by atoms with Gasteiger partial charge >= 0.3 is 6.09 Å². The van der Waals surface area contributed by atoms with Crippen LogP contribution in [0.3, 0.4) is 0 Å². The third-order valence-corrected chi connectivity index (χ3v) is 3.21. The highest BCUT2D eigenvalue weighted by molar-refractivity contribution is 6.67. The fraction of sp³-hybridized carbons (Fsp3) is 0.250. The molecule has 120 valence electrons. The Balaban J connectivity index is 2.12. The lowest BCUT2D eigenvalue weighted by atomic mass is 10.1. The molecular weight excluding hydrogens is 361 g/mol. The van der Waals surface area contributed by atoms with E-state index in [1.807, 2.05) is 30.3 Å². The van der Waals surface area contributed by atoms with Crippen molar-refractivity contribution in [3.8, 4) is 11.8 Å². The largest absolute Gasteiger partial charge is 0.445 e. The summed E-state index contributed by atoms with van der Waals surface area (Å²) in [7, 11) is 0.